The molecule has 2 fully saturated rings. The molecule has 1 aliphatic heterocycles. The third-order valence-corrected chi connectivity index (χ3v) is 5.70. The molecule has 136 valence electrons. The molecule has 1 atom stereocenters. The summed E-state index contributed by atoms with van der Waals surface area (Å²) in [5, 5.41) is 0. The average molecular weight is 345 g/mol. The van der Waals surface area contributed by atoms with Crippen LogP contribution in [0.5, 0.6) is 0 Å². The van der Waals surface area contributed by atoms with Gasteiger partial charge in [-0.15, -0.1) is 0 Å². The highest BCUT2D eigenvalue weighted by Gasteiger charge is 2.41. The van der Waals surface area contributed by atoms with Crippen LogP contribution in [0.15, 0.2) is 4.42 Å². The quantitative estimate of drug-likeness (QED) is 0.839. The molecular formula is C20H27NO4. The number of Topliss-reactive ketones (excluding diaryl/α,β-unsaturated/α-hetero) is 1. The van der Waals surface area contributed by atoms with E-state index in [2.05, 4.69) is 13.8 Å². The Balaban J connectivity index is 1.62. The zero-order valence-electron chi connectivity index (χ0n) is 15.4. The molecule has 1 saturated heterocycles. The van der Waals surface area contributed by atoms with Crippen molar-refractivity contribution in [1.29, 1.82) is 0 Å². The third-order valence-electron chi connectivity index (χ3n) is 5.70. The van der Waals surface area contributed by atoms with Crippen molar-refractivity contribution >= 4 is 11.7 Å². The number of ketones is 1. The molecule has 1 aromatic heterocycles. The van der Waals surface area contributed by atoms with Crippen molar-refractivity contribution in [3.63, 3.8) is 0 Å². The van der Waals surface area contributed by atoms with Gasteiger partial charge in [0.25, 0.3) is 5.91 Å². The molecule has 0 aromatic carbocycles. The molecule has 1 saturated carbocycles. The summed E-state index contributed by atoms with van der Waals surface area (Å²) in [4.78, 5) is 27.7. The molecule has 2 aliphatic carbocycles. The van der Waals surface area contributed by atoms with Gasteiger partial charge in [-0.05, 0) is 31.6 Å². The fraction of sp³-hybridized carbons (Fsp3) is 0.700. The molecule has 1 unspecified atom stereocenters. The highest BCUT2D eigenvalue weighted by Crippen LogP contribution is 2.39. The molecule has 1 aromatic rings. The van der Waals surface area contributed by atoms with E-state index in [1.165, 1.54) is 0 Å². The number of hydrogen-bond acceptors (Lipinski definition) is 4. The maximum atomic E-state index is 13.2. The van der Waals surface area contributed by atoms with Gasteiger partial charge in [0.15, 0.2) is 11.5 Å². The Hall–Kier alpha value is -1.62. The maximum Gasteiger partial charge on any atom is 0.290 e. The first-order chi connectivity index (χ1) is 11.9. The van der Waals surface area contributed by atoms with Crippen LogP contribution in [0.25, 0.3) is 0 Å². The van der Waals surface area contributed by atoms with Crippen molar-refractivity contribution in [3.05, 3.63) is 22.6 Å². The molecule has 25 heavy (non-hydrogen) atoms. The van der Waals surface area contributed by atoms with Gasteiger partial charge in [-0.2, -0.15) is 0 Å². The second kappa shape index (κ2) is 5.97. The molecule has 2 heterocycles. The Kier molecular flexibility index (Phi) is 4.02. The Morgan fingerprint density at radius 2 is 2.00 bits per heavy atom. The van der Waals surface area contributed by atoms with E-state index in [1.54, 1.807) is 0 Å². The molecule has 4 rings (SSSR count). The zero-order valence-corrected chi connectivity index (χ0v) is 15.4. The van der Waals surface area contributed by atoms with Crippen LogP contribution in [0, 0.1) is 18.3 Å². The van der Waals surface area contributed by atoms with Gasteiger partial charge < -0.3 is 14.1 Å². The summed E-state index contributed by atoms with van der Waals surface area (Å²) in [5.41, 5.74) is 1.28. The standard InChI is InChI=1S/C20H27NO4/c1-12-17-15(22)8-20(2,3)9-16(17)25-18(12)19(23)21(14-4-5-14)10-13-6-7-24-11-13/h13-14H,4-11H2,1-3H3. The van der Waals surface area contributed by atoms with Crippen LogP contribution in [0.1, 0.15) is 71.8 Å². The van der Waals surface area contributed by atoms with Gasteiger partial charge >= 0.3 is 0 Å². The minimum Gasteiger partial charge on any atom is -0.455 e. The average Bonchev–Trinajstić information content (AvgIpc) is 3.13. The number of fused-ring (bicyclic) bond motifs is 1. The number of carbonyl (C=O) groups is 2. The van der Waals surface area contributed by atoms with Gasteiger partial charge in [0, 0.05) is 43.5 Å². The van der Waals surface area contributed by atoms with Gasteiger partial charge in [0.2, 0.25) is 0 Å². The van der Waals surface area contributed by atoms with E-state index in [4.69, 9.17) is 9.15 Å². The highest BCUT2D eigenvalue weighted by molar-refractivity contribution is 6.03. The van der Waals surface area contributed by atoms with Crippen molar-refractivity contribution in [2.75, 3.05) is 19.8 Å². The normalized spacial score (nSPS) is 25.1. The molecule has 0 radical (unpaired) electrons. The number of carbonyl (C=O) groups excluding carboxylic acids is 2. The predicted octanol–water partition coefficient (Wildman–Crippen LogP) is 3.38. The van der Waals surface area contributed by atoms with Crippen molar-refractivity contribution in [2.24, 2.45) is 11.3 Å². The summed E-state index contributed by atoms with van der Waals surface area (Å²) in [5.74, 6) is 1.54. The first-order valence-corrected chi connectivity index (χ1v) is 9.40. The lowest BCUT2D eigenvalue weighted by molar-refractivity contribution is 0.0668. The minimum absolute atomic E-state index is 0.0492. The predicted molar refractivity (Wildman–Crippen MR) is 92.9 cm³/mol. The fourth-order valence-corrected chi connectivity index (χ4v) is 4.21. The summed E-state index contributed by atoms with van der Waals surface area (Å²) in [6.07, 6.45) is 4.36. The number of hydrogen-bond donors (Lipinski definition) is 0. The second-order valence-electron chi connectivity index (χ2n) is 8.71. The highest BCUT2D eigenvalue weighted by atomic mass is 16.5. The van der Waals surface area contributed by atoms with E-state index in [1.807, 2.05) is 11.8 Å². The van der Waals surface area contributed by atoms with Crippen molar-refractivity contribution in [2.45, 2.75) is 58.9 Å². The summed E-state index contributed by atoms with van der Waals surface area (Å²) in [6, 6.07) is 0.321. The van der Waals surface area contributed by atoms with Gasteiger partial charge in [-0.3, -0.25) is 9.59 Å². The van der Waals surface area contributed by atoms with Crippen molar-refractivity contribution in [3.8, 4) is 0 Å². The lowest BCUT2D eigenvalue weighted by Gasteiger charge is -2.27. The molecular weight excluding hydrogens is 318 g/mol. The Labute approximate surface area is 148 Å². The number of ether oxygens (including phenoxy) is 1. The van der Waals surface area contributed by atoms with E-state index in [9.17, 15) is 9.59 Å². The van der Waals surface area contributed by atoms with Crippen LogP contribution in [0.3, 0.4) is 0 Å². The van der Waals surface area contributed by atoms with E-state index in [0.29, 0.717) is 41.9 Å². The number of rotatable bonds is 4. The van der Waals surface area contributed by atoms with Crippen LogP contribution in [-0.4, -0.2) is 42.4 Å². The molecule has 3 aliphatic rings. The van der Waals surface area contributed by atoms with E-state index in [-0.39, 0.29) is 17.1 Å². The molecule has 5 nitrogen and oxygen atoms in total. The lowest BCUT2D eigenvalue weighted by Crippen LogP contribution is -2.37. The number of amides is 1. The topological polar surface area (TPSA) is 59.8 Å². The van der Waals surface area contributed by atoms with Gasteiger partial charge in [0.1, 0.15) is 5.76 Å². The van der Waals surface area contributed by atoms with Gasteiger partial charge in [0.05, 0.1) is 12.2 Å². The third kappa shape index (κ3) is 3.14. The van der Waals surface area contributed by atoms with E-state index >= 15 is 0 Å². The molecule has 1 amide bonds. The van der Waals surface area contributed by atoms with Crippen LogP contribution in [0.2, 0.25) is 0 Å². The minimum atomic E-state index is -0.105. The molecule has 0 N–H and O–H groups in total. The van der Waals surface area contributed by atoms with Crippen LogP contribution in [-0.2, 0) is 11.2 Å². The lowest BCUT2D eigenvalue weighted by atomic mass is 9.76. The SMILES string of the molecule is Cc1c(C(=O)N(CC2CCOC2)C2CC2)oc2c1C(=O)CC(C)(C)C2. The van der Waals surface area contributed by atoms with Crippen molar-refractivity contribution < 1.29 is 18.7 Å². The first kappa shape index (κ1) is 16.8. The van der Waals surface area contributed by atoms with E-state index in [0.717, 1.165) is 44.6 Å². The second-order valence-corrected chi connectivity index (χ2v) is 8.71. The first-order valence-electron chi connectivity index (χ1n) is 9.40. The van der Waals surface area contributed by atoms with Crippen LogP contribution >= 0.6 is 0 Å². The van der Waals surface area contributed by atoms with E-state index < -0.39 is 0 Å². The maximum absolute atomic E-state index is 13.2. The molecule has 0 spiro atoms. The monoisotopic (exact) mass is 345 g/mol. The fourth-order valence-electron chi connectivity index (χ4n) is 4.21. The van der Waals surface area contributed by atoms with Gasteiger partial charge in [-0.25, -0.2) is 0 Å². The Bertz CT molecular complexity index is 708. The smallest absolute Gasteiger partial charge is 0.290 e. The molecule has 5 heteroatoms. The van der Waals surface area contributed by atoms with Crippen LogP contribution in [0.4, 0.5) is 0 Å². The Morgan fingerprint density at radius 1 is 1.24 bits per heavy atom. The zero-order chi connectivity index (χ0) is 17.8. The van der Waals surface area contributed by atoms with Crippen molar-refractivity contribution in [1.82, 2.24) is 4.90 Å². The number of furan rings is 1. The number of nitrogens with zero attached hydrogens (tertiary/aromatic N) is 1. The summed E-state index contributed by atoms with van der Waals surface area (Å²) in [6.45, 7) is 8.25. The molecule has 0 bridgehead atoms. The van der Waals surface area contributed by atoms with Gasteiger partial charge in [-0.1, -0.05) is 13.8 Å². The summed E-state index contributed by atoms with van der Waals surface area (Å²) >= 11 is 0. The summed E-state index contributed by atoms with van der Waals surface area (Å²) < 4.78 is 11.4. The van der Waals surface area contributed by atoms with Crippen LogP contribution < -0.4 is 0 Å². The Morgan fingerprint density at radius 3 is 2.64 bits per heavy atom. The largest absolute Gasteiger partial charge is 0.455 e. The summed E-state index contributed by atoms with van der Waals surface area (Å²) in [7, 11) is 0.